The van der Waals surface area contributed by atoms with E-state index in [-0.39, 0.29) is 17.4 Å². The molecule has 1 saturated heterocycles. The van der Waals surface area contributed by atoms with Gasteiger partial charge in [-0.25, -0.2) is 0 Å². The van der Waals surface area contributed by atoms with Crippen molar-refractivity contribution >= 4 is 23.1 Å². The van der Waals surface area contributed by atoms with Crippen LogP contribution >= 0.6 is 0 Å². The minimum atomic E-state index is -0.927. The fourth-order valence-electron chi connectivity index (χ4n) is 3.69. The predicted octanol–water partition coefficient (Wildman–Crippen LogP) is 4.70. The molecule has 1 amide bonds. The zero-order chi connectivity index (χ0) is 22.8. The number of hydrogen-bond acceptors (Lipinski definition) is 6. The molecule has 2 aromatic carbocycles. The average molecular weight is 433 g/mol. The van der Waals surface area contributed by atoms with E-state index in [2.05, 4.69) is 0 Å². The van der Waals surface area contributed by atoms with Gasteiger partial charge in [-0.1, -0.05) is 6.07 Å². The number of ether oxygens (including phenoxy) is 2. The predicted molar refractivity (Wildman–Crippen MR) is 119 cm³/mol. The van der Waals surface area contributed by atoms with Crippen molar-refractivity contribution in [3.05, 3.63) is 83.8 Å². The Bertz CT molecular complexity index is 1160. The van der Waals surface area contributed by atoms with E-state index in [1.54, 1.807) is 60.7 Å². The SMILES string of the molecule is COc1cccc(N2C(=O)C(=O)/C(=C(\O)c3ccc(OC(C)C)cc3)C2c2ccco2)c1. The Labute approximate surface area is 185 Å². The van der Waals surface area contributed by atoms with E-state index in [0.717, 1.165) is 0 Å². The van der Waals surface area contributed by atoms with Crippen LogP contribution in [0.5, 0.6) is 11.5 Å². The van der Waals surface area contributed by atoms with E-state index in [4.69, 9.17) is 13.9 Å². The Morgan fingerprint density at radius 2 is 1.78 bits per heavy atom. The lowest BCUT2D eigenvalue weighted by Crippen LogP contribution is -2.29. The Kier molecular flexibility index (Phi) is 5.73. The van der Waals surface area contributed by atoms with E-state index in [9.17, 15) is 14.7 Å². The highest BCUT2D eigenvalue weighted by molar-refractivity contribution is 6.51. The normalized spacial score (nSPS) is 17.8. The number of ketones is 1. The number of amides is 1. The van der Waals surface area contributed by atoms with Gasteiger partial charge in [-0.3, -0.25) is 14.5 Å². The van der Waals surface area contributed by atoms with Gasteiger partial charge in [0.05, 0.1) is 25.1 Å². The number of carbonyl (C=O) groups is 2. The molecule has 3 aromatic rings. The van der Waals surface area contributed by atoms with Gasteiger partial charge in [-0.05, 0) is 62.4 Å². The van der Waals surface area contributed by atoms with Gasteiger partial charge in [0.1, 0.15) is 29.1 Å². The fourth-order valence-corrected chi connectivity index (χ4v) is 3.69. The third kappa shape index (κ3) is 3.85. The molecular formula is C25H23NO6. The maximum absolute atomic E-state index is 13.1. The van der Waals surface area contributed by atoms with Crippen LogP contribution in [0.3, 0.4) is 0 Å². The second-order valence-corrected chi connectivity index (χ2v) is 7.58. The molecule has 2 heterocycles. The number of rotatable bonds is 6. The smallest absolute Gasteiger partial charge is 0.300 e. The number of furan rings is 1. The van der Waals surface area contributed by atoms with Crippen molar-refractivity contribution in [3.8, 4) is 11.5 Å². The van der Waals surface area contributed by atoms with Gasteiger partial charge in [-0.15, -0.1) is 0 Å². The summed E-state index contributed by atoms with van der Waals surface area (Å²) < 4.78 is 16.5. The van der Waals surface area contributed by atoms with E-state index in [1.807, 2.05) is 13.8 Å². The molecule has 1 aliphatic heterocycles. The van der Waals surface area contributed by atoms with Crippen molar-refractivity contribution in [2.24, 2.45) is 0 Å². The first kappa shape index (κ1) is 21.2. The Morgan fingerprint density at radius 3 is 2.41 bits per heavy atom. The number of benzene rings is 2. The third-order valence-corrected chi connectivity index (χ3v) is 5.09. The highest BCUT2D eigenvalue weighted by atomic mass is 16.5. The molecule has 7 nitrogen and oxygen atoms in total. The quantitative estimate of drug-likeness (QED) is 0.344. The van der Waals surface area contributed by atoms with Crippen molar-refractivity contribution in [1.29, 1.82) is 0 Å². The highest BCUT2D eigenvalue weighted by Gasteiger charge is 2.48. The van der Waals surface area contributed by atoms with Crippen LogP contribution in [0.25, 0.3) is 5.76 Å². The first-order valence-corrected chi connectivity index (χ1v) is 10.2. The lowest BCUT2D eigenvalue weighted by atomic mass is 9.99. The van der Waals surface area contributed by atoms with E-state index < -0.39 is 17.7 Å². The first-order chi connectivity index (χ1) is 15.4. The number of nitrogens with zero attached hydrogens (tertiary/aromatic N) is 1. The summed E-state index contributed by atoms with van der Waals surface area (Å²) in [6.07, 6.45) is 1.46. The van der Waals surface area contributed by atoms with Crippen LogP contribution in [-0.2, 0) is 9.59 Å². The molecule has 0 bridgehead atoms. The van der Waals surface area contributed by atoms with Crippen LogP contribution in [0, 0.1) is 0 Å². The van der Waals surface area contributed by atoms with Crippen LogP contribution in [0.2, 0.25) is 0 Å². The average Bonchev–Trinajstić information content (AvgIpc) is 3.40. The second-order valence-electron chi connectivity index (χ2n) is 7.58. The summed E-state index contributed by atoms with van der Waals surface area (Å²) in [6, 6.07) is 15.9. The summed E-state index contributed by atoms with van der Waals surface area (Å²) in [5, 5.41) is 11.1. The van der Waals surface area contributed by atoms with Crippen molar-refractivity contribution in [3.63, 3.8) is 0 Å². The topological polar surface area (TPSA) is 89.2 Å². The molecular weight excluding hydrogens is 410 g/mol. The summed E-state index contributed by atoms with van der Waals surface area (Å²) in [5.74, 6) is -0.325. The lowest BCUT2D eigenvalue weighted by Gasteiger charge is -2.23. The molecule has 1 aliphatic rings. The zero-order valence-electron chi connectivity index (χ0n) is 17.9. The van der Waals surface area contributed by atoms with Gasteiger partial charge < -0.3 is 19.0 Å². The van der Waals surface area contributed by atoms with Crippen LogP contribution in [-0.4, -0.2) is 30.0 Å². The van der Waals surface area contributed by atoms with Gasteiger partial charge in [0.15, 0.2) is 0 Å². The van der Waals surface area contributed by atoms with Crippen LogP contribution in [0.4, 0.5) is 5.69 Å². The number of aliphatic hydroxyl groups is 1. The minimum absolute atomic E-state index is 0.00147. The number of methoxy groups -OCH3 is 1. The third-order valence-electron chi connectivity index (χ3n) is 5.09. The van der Waals surface area contributed by atoms with Crippen LogP contribution in [0.15, 0.2) is 76.9 Å². The lowest BCUT2D eigenvalue weighted by molar-refractivity contribution is -0.132. The van der Waals surface area contributed by atoms with Gasteiger partial charge in [0.25, 0.3) is 11.7 Å². The number of hydrogen-bond donors (Lipinski definition) is 1. The van der Waals surface area contributed by atoms with Crippen LogP contribution in [0.1, 0.15) is 31.2 Å². The maximum Gasteiger partial charge on any atom is 0.300 e. The van der Waals surface area contributed by atoms with Crippen molar-refractivity contribution in [2.75, 3.05) is 12.0 Å². The fraction of sp³-hybridized carbons (Fsp3) is 0.200. The summed E-state index contributed by atoms with van der Waals surface area (Å²) in [6.45, 7) is 3.83. The second kappa shape index (κ2) is 8.63. The number of carbonyl (C=O) groups excluding carboxylic acids is 2. The monoisotopic (exact) mass is 433 g/mol. The summed E-state index contributed by atoms with van der Waals surface area (Å²) in [4.78, 5) is 27.4. The molecule has 0 aliphatic carbocycles. The molecule has 1 aromatic heterocycles. The van der Waals surface area contributed by atoms with E-state index in [0.29, 0.717) is 28.5 Å². The Balaban J connectivity index is 1.83. The summed E-state index contributed by atoms with van der Waals surface area (Å²) in [5.41, 5.74) is 0.791. The molecule has 1 unspecified atom stereocenters. The first-order valence-electron chi connectivity index (χ1n) is 10.2. The van der Waals surface area contributed by atoms with Crippen molar-refractivity contribution < 1.29 is 28.6 Å². The largest absolute Gasteiger partial charge is 0.507 e. The molecule has 7 heteroatoms. The van der Waals surface area contributed by atoms with E-state index in [1.165, 1.54) is 18.3 Å². The molecule has 32 heavy (non-hydrogen) atoms. The molecule has 0 saturated carbocycles. The van der Waals surface area contributed by atoms with Crippen molar-refractivity contribution in [2.45, 2.75) is 26.0 Å². The van der Waals surface area contributed by atoms with E-state index >= 15 is 0 Å². The molecule has 4 rings (SSSR count). The molecule has 1 fully saturated rings. The van der Waals surface area contributed by atoms with Gasteiger partial charge in [0, 0.05) is 17.3 Å². The van der Waals surface area contributed by atoms with Gasteiger partial charge in [-0.2, -0.15) is 0 Å². The Hall–Kier alpha value is -4.00. The van der Waals surface area contributed by atoms with Gasteiger partial charge >= 0.3 is 0 Å². The number of Topliss-reactive ketones (excluding diaryl/α,β-unsaturated/α-hetero) is 1. The van der Waals surface area contributed by atoms with Crippen molar-refractivity contribution in [1.82, 2.24) is 0 Å². The highest BCUT2D eigenvalue weighted by Crippen LogP contribution is 2.43. The zero-order valence-corrected chi connectivity index (χ0v) is 17.9. The molecule has 0 radical (unpaired) electrons. The maximum atomic E-state index is 13.1. The molecule has 164 valence electrons. The number of aliphatic hydroxyl groups excluding tert-OH is 1. The minimum Gasteiger partial charge on any atom is -0.507 e. The Morgan fingerprint density at radius 1 is 1.03 bits per heavy atom. The van der Waals surface area contributed by atoms with Crippen LogP contribution < -0.4 is 14.4 Å². The summed E-state index contributed by atoms with van der Waals surface area (Å²) >= 11 is 0. The summed E-state index contributed by atoms with van der Waals surface area (Å²) in [7, 11) is 1.52. The van der Waals surface area contributed by atoms with Gasteiger partial charge in [0.2, 0.25) is 0 Å². The molecule has 0 spiro atoms. The number of anilines is 1. The molecule has 1 N–H and O–H groups in total. The standard InChI is InChI=1S/C25H23NO6/c1-15(2)32-18-11-9-16(10-12-18)23(27)21-22(20-8-5-13-31-20)26(25(29)24(21)28)17-6-4-7-19(14-17)30-3/h4-15,22,27H,1-3H3/b23-21-. The molecule has 1 atom stereocenters.